The Labute approximate surface area is 142 Å². The standard InChI is InChI=1S/C18H26N2O4/c1-2-3-12-24-16-6-4-14(5-7-16)8-10-19-18(23)20-11-9-15(13-20)17(21)22/h4-7,15H,2-3,8-13H2,1H3,(H,19,23)(H,21,22). The monoisotopic (exact) mass is 334 g/mol. The van der Waals surface area contributed by atoms with Gasteiger partial charge in [0.2, 0.25) is 0 Å². The SMILES string of the molecule is CCCCOc1ccc(CCNC(=O)N2CCC(C(=O)O)C2)cc1. The first kappa shape index (κ1) is 18.1. The number of ether oxygens (including phenoxy) is 1. The van der Waals surface area contributed by atoms with Crippen molar-refractivity contribution in [3.05, 3.63) is 29.8 Å². The second-order valence-electron chi connectivity index (χ2n) is 6.10. The number of benzene rings is 1. The summed E-state index contributed by atoms with van der Waals surface area (Å²) in [5.74, 6) is -0.393. The van der Waals surface area contributed by atoms with E-state index in [2.05, 4.69) is 12.2 Å². The molecule has 24 heavy (non-hydrogen) atoms. The highest BCUT2D eigenvalue weighted by Gasteiger charge is 2.30. The molecule has 132 valence electrons. The molecule has 0 saturated carbocycles. The van der Waals surface area contributed by atoms with E-state index in [1.54, 1.807) is 4.90 Å². The molecule has 6 heteroatoms. The number of aliphatic carboxylic acids is 1. The molecule has 1 atom stereocenters. The molecule has 0 bridgehead atoms. The Hall–Kier alpha value is -2.24. The van der Waals surface area contributed by atoms with Crippen LogP contribution in [0.5, 0.6) is 5.75 Å². The van der Waals surface area contributed by atoms with Crippen molar-refractivity contribution in [1.82, 2.24) is 10.2 Å². The van der Waals surface area contributed by atoms with Crippen LogP contribution in [0.25, 0.3) is 0 Å². The lowest BCUT2D eigenvalue weighted by Gasteiger charge is -2.16. The van der Waals surface area contributed by atoms with Gasteiger partial charge in [-0.2, -0.15) is 0 Å². The Balaban J connectivity index is 1.68. The van der Waals surface area contributed by atoms with E-state index in [0.29, 0.717) is 26.1 Å². The van der Waals surface area contributed by atoms with E-state index in [1.807, 2.05) is 24.3 Å². The molecule has 1 unspecified atom stereocenters. The highest BCUT2D eigenvalue weighted by Crippen LogP contribution is 2.16. The van der Waals surface area contributed by atoms with Crippen LogP contribution in [0.4, 0.5) is 4.79 Å². The number of urea groups is 1. The second-order valence-corrected chi connectivity index (χ2v) is 6.10. The second kappa shape index (κ2) is 9.15. The Kier molecular flexibility index (Phi) is 6.90. The molecule has 6 nitrogen and oxygen atoms in total. The molecule has 2 N–H and O–H groups in total. The van der Waals surface area contributed by atoms with Gasteiger partial charge in [-0.05, 0) is 37.0 Å². The summed E-state index contributed by atoms with van der Waals surface area (Å²) in [5.41, 5.74) is 1.13. The molecule has 0 radical (unpaired) electrons. The van der Waals surface area contributed by atoms with E-state index in [-0.39, 0.29) is 6.03 Å². The summed E-state index contributed by atoms with van der Waals surface area (Å²) in [5, 5.41) is 11.8. The van der Waals surface area contributed by atoms with Crippen LogP contribution in [-0.2, 0) is 11.2 Å². The van der Waals surface area contributed by atoms with Crippen LogP contribution in [0.3, 0.4) is 0 Å². The fourth-order valence-corrected chi connectivity index (χ4v) is 2.66. The number of carboxylic acids is 1. The summed E-state index contributed by atoms with van der Waals surface area (Å²) in [6, 6.07) is 7.72. The molecule has 1 saturated heterocycles. The molecule has 2 amide bonds. The molecule has 1 heterocycles. The minimum absolute atomic E-state index is 0.182. The lowest BCUT2D eigenvalue weighted by atomic mass is 10.1. The number of rotatable bonds is 8. The number of carboxylic acid groups (broad SMARTS) is 1. The molecule has 1 fully saturated rings. The molecule has 1 aromatic rings. The van der Waals surface area contributed by atoms with E-state index in [1.165, 1.54) is 0 Å². The number of unbranched alkanes of at least 4 members (excludes halogenated alkanes) is 1. The lowest BCUT2D eigenvalue weighted by molar-refractivity contribution is -0.141. The zero-order chi connectivity index (χ0) is 17.4. The number of hydrogen-bond donors (Lipinski definition) is 2. The van der Waals surface area contributed by atoms with Gasteiger partial charge in [-0.3, -0.25) is 4.79 Å². The predicted octanol–water partition coefficient (Wildman–Crippen LogP) is 2.52. The summed E-state index contributed by atoms with van der Waals surface area (Å²) >= 11 is 0. The largest absolute Gasteiger partial charge is 0.494 e. The number of amides is 2. The van der Waals surface area contributed by atoms with Crippen LogP contribution >= 0.6 is 0 Å². The van der Waals surface area contributed by atoms with Crippen LogP contribution in [-0.4, -0.2) is 48.2 Å². The van der Waals surface area contributed by atoms with Crippen LogP contribution in [0.15, 0.2) is 24.3 Å². The fraction of sp³-hybridized carbons (Fsp3) is 0.556. The third kappa shape index (κ3) is 5.44. The van der Waals surface area contributed by atoms with Crippen LogP contribution in [0.2, 0.25) is 0 Å². The maximum atomic E-state index is 12.0. The van der Waals surface area contributed by atoms with Gasteiger partial charge in [-0.25, -0.2) is 4.79 Å². The Morgan fingerprint density at radius 1 is 1.33 bits per heavy atom. The molecule has 0 spiro atoms. The van der Waals surface area contributed by atoms with Crippen LogP contribution in [0.1, 0.15) is 31.7 Å². The normalized spacial score (nSPS) is 16.9. The number of carbonyl (C=O) groups excluding carboxylic acids is 1. The van der Waals surface area contributed by atoms with Crippen molar-refractivity contribution < 1.29 is 19.4 Å². The molecule has 2 rings (SSSR count). The lowest BCUT2D eigenvalue weighted by Crippen LogP contribution is -2.39. The zero-order valence-corrected chi connectivity index (χ0v) is 14.2. The van der Waals surface area contributed by atoms with Gasteiger partial charge >= 0.3 is 12.0 Å². The third-order valence-corrected chi connectivity index (χ3v) is 4.20. The van der Waals surface area contributed by atoms with Crippen molar-refractivity contribution in [2.75, 3.05) is 26.2 Å². The average Bonchev–Trinajstić information content (AvgIpc) is 3.07. The number of nitrogens with zero attached hydrogens (tertiary/aromatic N) is 1. The van der Waals surface area contributed by atoms with Gasteiger partial charge in [-0.1, -0.05) is 25.5 Å². The third-order valence-electron chi connectivity index (χ3n) is 4.20. The Morgan fingerprint density at radius 3 is 2.71 bits per heavy atom. The molecule has 0 aliphatic carbocycles. The van der Waals surface area contributed by atoms with Crippen molar-refractivity contribution in [3.8, 4) is 5.75 Å². The first-order chi connectivity index (χ1) is 11.6. The fourth-order valence-electron chi connectivity index (χ4n) is 2.66. The summed E-state index contributed by atoms with van der Waals surface area (Å²) in [4.78, 5) is 24.5. The van der Waals surface area contributed by atoms with Crippen molar-refractivity contribution in [2.24, 2.45) is 5.92 Å². The van der Waals surface area contributed by atoms with Gasteiger partial charge in [0, 0.05) is 19.6 Å². The van der Waals surface area contributed by atoms with E-state index < -0.39 is 11.9 Å². The summed E-state index contributed by atoms with van der Waals surface area (Å²) in [6.07, 6.45) is 3.43. The number of hydrogen-bond acceptors (Lipinski definition) is 3. The molecule has 0 aromatic heterocycles. The molecular formula is C18H26N2O4. The van der Waals surface area contributed by atoms with E-state index in [9.17, 15) is 9.59 Å². The van der Waals surface area contributed by atoms with Crippen molar-refractivity contribution in [2.45, 2.75) is 32.6 Å². The smallest absolute Gasteiger partial charge is 0.317 e. The minimum atomic E-state index is -0.827. The maximum Gasteiger partial charge on any atom is 0.317 e. The van der Waals surface area contributed by atoms with Gasteiger partial charge in [0.1, 0.15) is 5.75 Å². The Morgan fingerprint density at radius 2 is 2.08 bits per heavy atom. The van der Waals surface area contributed by atoms with Crippen LogP contribution in [0, 0.1) is 5.92 Å². The first-order valence-corrected chi connectivity index (χ1v) is 8.57. The molecular weight excluding hydrogens is 308 g/mol. The van der Waals surface area contributed by atoms with Crippen molar-refractivity contribution in [1.29, 1.82) is 0 Å². The first-order valence-electron chi connectivity index (χ1n) is 8.57. The van der Waals surface area contributed by atoms with Gasteiger partial charge in [-0.15, -0.1) is 0 Å². The van der Waals surface area contributed by atoms with Crippen molar-refractivity contribution >= 4 is 12.0 Å². The number of likely N-dealkylation sites (tertiary alicyclic amines) is 1. The maximum absolute atomic E-state index is 12.0. The Bertz CT molecular complexity index is 544. The van der Waals surface area contributed by atoms with Crippen molar-refractivity contribution in [3.63, 3.8) is 0 Å². The molecule has 1 aromatic carbocycles. The van der Waals surface area contributed by atoms with Gasteiger partial charge in [0.05, 0.1) is 12.5 Å². The van der Waals surface area contributed by atoms with E-state index in [4.69, 9.17) is 9.84 Å². The number of nitrogens with one attached hydrogen (secondary N) is 1. The number of carbonyl (C=O) groups is 2. The van der Waals surface area contributed by atoms with Gasteiger partial charge < -0.3 is 20.1 Å². The van der Waals surface area contributed by atoms with E-state index in [0.717, 1.165) is 37.2 Å². The summed E-state index contributed by atoms with van der Waals surface area (Å²) in [6.45, 7) is 4.20. The van der Waals surface area contributed by atoms with Gasteiger partial charge in [0.25, 0.3) is 0 Å². The summed E-state index contributed by atoms with van der Waals surface area (Å²) in [7, 11) is 0. The highest BCUT2D eigenvalue weighted by atomic mass is 16.5. The average molecular weight is 334 g/mol. The van der Waals surface area contributed by atoms with Crippen LogP contribution < -0.4 is 10.1 Å². The molecule has 1 aliphatic heterocycles. The van der Waals surface area contributed by atoms with E-state index >= 15 is 0 Å². The predicted molar refractivity (Wildman–Crippen MR) is 91.3 cm³/mol. The quantitative estimate of drug-likeness (QED) is 0.716. The zero-order valence-electron chi connectivity index (χ0n) is 14.2. The van der Waals surface area contributed by atoms with Gasteiger partial charge in [0.15, 0.2) is 0 Å². The topological polar surface area (TPSA) is 78.9 Å². The summed E-state index contributed by atoms with van der Waals surface area (Å²) < 4.78 is 5.62. The minimum Gasteiger partial charge on any atom is -0.494 e. The molecule has 1 aliphatic rings. The highest BCUT2D eigenvalue weighted by molar-refractivity contribution is 5.77.